The minimum absolute atomic E-state index is 0.298. The lowest BCUT2D eigenvalue weighted by Gasteiger charge is -2.36. The number of rotatable bonds is 6. The summed E-state index contributed by atoms with van der Waals surface area (Å²) in [7, 11) is 0. The molecular formula is C12H22NO3. The molecule has 4 nitrogen and oxygen atoms in total. The second-order valence-electron chi connectivity index (χ2n) is 4.33. The Balaban J connectivity index is 4.69. The van der Waals surface area contributed by atoms with Crippen LogP contribution in [0.5, 0.6) is 0 Å². The molecule has 0 fully saturated rings. The van der Waals surface area contributed by atoms with Gasteiger partial charge in [-0.05, 0) is 13.3 Å². The van der Waals surface area contributed by atoms with E-state index in [1.54, 1.807) is 20.8 Å². The largest absolute Gasteiger partial charge is 0.385 e. The van der Waals surface area contributed by atoms with E-state index in [-0.39, 0.29) is 0 Å². The smallest absolute Gasteiger partial charge is 0.248 e. The molecule has 0 aliphatic carbocycles. The van der Waals surface area contributed by atoms with Crippen LogP contribution in [0, 0.1) is 5.92 Å². The summed E-state index contributed by atoms with van der Waals surface area (Å²) in [5.41, 5.74) is -1.08. The van der Waals surface area contributed by atoms with Gasteiger partial charge in [0.25, 0.3) is 0 Å². The first kappa shape index (κ1) is 15.1. The molecule has 0 aromatic rings. The molecule has 16 heavy (non-hydrogen) atoms. The van der Waals surface area contributed by atoms with Crippen LogP contribution in [0.25, 0.3) is 0 Å². The first-order valence-electron chi connectivity index (χ1n) is 5.43. The van der Waals surface area contributed by atoms with Gasteiger partial charge in [0.2, 0.25) is 5.91 Å². The van der Waals surface area contributed by atoms with Crippen LogP contribution in [0.1, 0.15) is 40.5 Å². The first-order valence-corrected chi connectivity index (χ1v) is 5.43. The van der Waals surface area contributed by atoms with Crippen LogP contribution in [0.2, 0.25) is 0 Å². The van der Waals surface area contributed by atoms with Crippen LogP contribution in [-0.4, -0.2) is 27.9 Å². The van der Waals surface area contributed by atoms with Crippen molar-refractivity contribution in [2.75, 3.05) is 0 Å². The molecule has 0 spiro atoms. The molecule has 93 valence electrons. The minimum Gasteiger partial charge on any atom is -0.385 e. The monoisotopic (exact) mass is 228 g/mol. The van der Waals surface area contributed by atoms with Crippen molar-refractivity contribution in [1.29, 1.82) is 0 Å². The molecular weight excluding hydrogens is 206 g/mol. The highest BCUT2D eigenvalue weighted by atomic mass is 16.4. The molecule has 1 amide bonds. The Kier molecular flexibility index (Phi) is 5.68. The summed E-state index contributed by atoms with van der Waals surface area (Å²) in [4.78, 5) is 11.3. The van der Waals surface area contributed by atoms with Gasteiger partial charge in [0.1, 0.15) is 5.60 Å². The molecule has 0 aliphatic heterocycles. The maximum atomic E-state index is 11.3. The zero-order valence-corrected chi connectivity index (χ0v) is 10.5. The van der Waals surface area contributed by atoms with Crippen LogP contribution in [-0.2, 0) is 4.79 Å². The van der Waals surface area contributed by atoms with Crippen LogP contribution < -0.4 is 5.32 Å². The molecule has 0 bridgehead atoms. The molecule has 0 aromatic heterocycles. The van der Waals surface area contributed by atoms with Crippen molar-refractivity contribution in [3.8, 4) is 0 Å². The van der Waals surface area contributed by atoms with E-state index in [1.807, 2.05) is 6.92 Å². The summed E-state index contributed by atoms with van der Waals surface area (Å²) in [6.07, 6.45) is -0.198. The summed E-state index contributed by atoms with van der Waals surface area (Å²) in [6, 6.07) is 0. The van der Waals surface area contributed by atoms with Gasteiger partial charge in [-0.25, -0.2) is 0 Å². The molecule has 4 heteroatoms. The lowest BCUT2D eigenvalue weighted by molar-refractivity contribution is -0.130. The topological polar surface area (TPSA) is 69.6 Å². The van der Waals surface area contributed by atoms with Gasteiger partial charge in [0, 0.05) is 11.5 Å². The van der Waals surface area contributed by atoms with Gasteiger partial charge in [0.05, 0.1) is 0 Å². The molecule has 0 rings (SSSR count). The van der Waals surface area contributed by atoms with Crippen molar-refractivity contribution in [2.24, 2.45) is 0 Å². The Morgan fingerprint density at radius 1 is 1.44 bits per heavy atom. The highest BCUT2D eigenvalue weighted by Gasteiger charge is 2.39. The average molecular weight is 228 g/mol. The lowest BCUT2D eigenvalue weighted by Crippen LogP contribution is -2.55. The second-order valence-corrected chi connectivity index (χ2v) is 4.33. The molecule has 0 saturated carbocycles. The number of carbonyl (C=O) groups excluding carboxylic acids is 1. The molecule has 1 radical (unpaired) electrons. The van der Waals surface area contributed by atoms with E-state index in [4.69, 9.17) is 0 Å². The number of aliphatic hydroxyl groups is 2. The van der Waals surface area contributed by atoms with Crippen LogP contribution in [0.3, 0.4) is 0 Å². The zero-order valence-electron chi connectivity index (χ0n) is 10.5. The average Bonchev–Trinajstić information content (AvgIpc) is 2.17. The van der Waals surface area contributed by atoms with Gasteiger partial charge in [-0.15, -0.1) is 0 Å². The number of amides is 1. The summed E-state index contributed by atoms with van der Waals surface area (Å²) in [6.45, 7) is 10.4. The molecule has 0 heterocycles. The van der Waals surface area contributed by atoms with E-state index in [0.29, 0.717) is 24.3 Å². The van der Waals surface area contributed by atoms with E-state index in [0.717, 1.165) is 0 Å². The molecule has 3 N–H and O–H groups in total. The fourth-order valence-electron chi connectivity index (χ4n) is 1.41. The molecule has 0 saturated heterocycles. The second kappa shape index (κ2) is 6.01. The highest BCUT2D eigenvalue weighted by Crippen LogP contribution is 2.27. The van der Waals surface area contributed by atoms with Crippen molar-refractivity contribution in [2.45, 2.75) is 52.4 Å². The van der Waals surface area contributed by atoms with E-state index in [9.17, 15) is 15.0 Å². The Bertz CT molecular complexity index is 263. The standard InChI is InChI=1S/C12H22NO3/c1-6-7-12(16,9(4)5)11(15)13-10(14)8(2)3/h11,15-16H,2,6-7H2,1,3-5H3,(H,13,14). The summed E-state index contributed by atoms with van der Waals surface area (Å²) in [5.74, 6) is 0.215. The van der Waals surface area contributed by atoms with Gasteiger partial charge in [0.15, 0.2) is 6.23 Å². The van der Waals surface area contributed by atoms with E-state index < -0.39 is 17.7 Å². The third-order valence-electron chi connectivity index (χ3n) is 2.60. The van der Waals surface area contributed by atoms with Gasteiger partial charge >= 0.3 is 0 Å². The van der Waals surface area contributed by atoms with E-state index in [1.165, 1.54) is 0 Å². The maximum Gasteiger partial charge on any atom is 0.248 e. The maximum absolute atomic E-state index is 11.3. The number of nitrogens with one attached hydrogen (secondary N) is 1. The Hall–Kier alpha value is -0.870. The Labute approximate surface area is 97.4 Å². The predicted octanol–water partition coefficient (Wildman–Crippen LogP) is 1.14. The van der Waals surface area contributed by atoms with Crippen LogP contribution >= 0.6 is 0 Å². The van der Waals surface area contributed by atoms with Crippen molar-refractivity contribution >= 4 is 5.91 Å². The summed E-state index contributed by atoms with van der Waals surface area (Å²) >= 11 is 0. The summed E-state index contributed by atoms with van der Waals surface area (Å²) < 4.78 is 0. The summed E-state index contributed by atoms with van der Waals surface area (Å²) in [5, 5.41) is 22.4. The number of aliphatic hydroxyl groups excluding tert-OH is 1. The first-order chi connectivity index (χ1) is 7.25. The number of carbonyl (C=O) groups is 1. The predicted molar refractivity (Wildman–Crippen MR) is 63.4 cm³/mol. The van der Waals surface area contributed by atoms with Crippen LogP contribution in [0.15, 0.2) is 12.2 Å². The quantitative estimate of drug-likeness (QED) is 0.471. The van der Waals surface area contributed by atoms with Crippen molar-refractivity contribution in [3.63, 3.8) is 0 Å². The van der Waals surface area contributed by atoms with Crippen molar-refractivity contribution < 1.29 is 15.0 Å². The highest BCUT2D eigenvalue weighted by molar-refractivity contribution is 5.92. The van der Waals surface area contributed by atoms with Crippen LogP contribution in [0.4, 0.5) is 0 Å². The van der Waals surface area contributed by atoms with E-state index >= 15 is 0 Å². The van der Waals surface area contributed by atoms with E-state index in [2.05, 4.69) is 11.9 Å². The fraction of sp³-hybridized carbons (Fsp3) is 0.667. The molecule has 0 aliphatic rings. The van der Waals surface area contributed by atoms with Gasteiger partial charge in [-0.3, -0.25) is 4.79 Å². The van der Waals surface area contributed by atoms with Gasteiger partial charge < -0.3 is 15.5 Å². The molecule has 2 unspecified atom stereocenters. The number of hydrogen-bond acceptors (Lipinski definition) is 3. The molecule has 2 atom stereocenters. The minimum atomic E-state index is -1.38. The third-order valence-corrected chi connectivity index (χ3v) is 2.60. The van der Waals surface area contributed by atoms with Gasteiger partial charge in [-0.2, -0.15) is 0 Å². The lowest BCUT2D eigenvalue weighted by atomic mass is 9.84. The third kappa shape index (κ3) is 3.61. The fourth-order valence-corrected chi connectivity index (χ4v) is 1.41. The SMILES string of the molecule is C=C(C)C(=O)NC(O)C(O)(CCC)[C](C)C. The molecule has 0 aromatic carbocycles. The van der Waals surface area contributed by atoms with Crippen molar-refractivity contribution in [1.82, 2.24) is 5.32 Å². The Morgan fingerprint density at radius 2 is 1.94 bits per heavy atom. The Morgan fingerprint density at radius 3 is 2.25 bits per heavy atom. The normalized spacial score (nSPS) is 16.7. The zero-order chi connectivity index (χ0) is 12.9. The van der Waals surface area contributed by atoms with Crippen molar-refractivity contribution in [3.05, 3.63) is 18.1 Å². The number of hydrogen-bond donors (Lipinski definition) is 3. The van der Waals surface area contributed by atoms with Gasteiger partial charge in [-0.1, -0.05) is 33.8 Å².